The molecule has 0 N–H and O–H groups in total. The van der Waals surface area contributed by atoms with E-state index in [4.69, 9.17) is 0 Å². The predicted molar refractivity (Wildman–Crippen MR) is 114 cm³/mol. The first kappa shape index (κ1) is 21.2. The zero-order valence-electron chi connectivity index (χ0n) is 17.1. The zero-order chi connectivity index (χ0) is 22.0. The van der Waals surface area contributed by atoms with Crippen molar-refractivity contribution in [2.75, 3.05) is 0 Å². The van der Waals surface area contributed by atoms with Crippen molar-refractivity contribution in [3.8, 4) is 28.0 Å². The van der Waals surface area contributed by atoms with Crippen molar-refractivity contribution in [2.24, 2.45) is 5.92 Å². The van der Waals surface area contributed by atoms with Gasteiger partial charge in [0.25, 0.3) is 0 Å². The first-order valence-electron chi connectivity index (χ1n) is 10.3. The molecule has 160 valence electrons. The van der Waals surface area contributed by atoms with Gasteiger partial charge in [0.1, 0.15) is 0 Å². The summed E-state index contributed by atoms with van der Waals surface area (Å²) >= 11 is 0. The van der Waals surface area contributed by atoms with Crippen LogP contribution in [0.4, 0.5) is 17.6 Å². The summed E-state index contributed by atoms with van der Waals surface area (Å²) in [6.45, 7) is 2.22. The lowest BCUT2D eigenvalue weighted by molar-refractivity contribution is 0.344. The van der Waals surface area contributed by atoms with Crippen molar-refractivity contribution in [1.29, 1.82) is 0 Å². The fourth-order valence-electron chi connectivity index (χ4n) is 4.30. The first-order chi connectivity index (χ1) is 14.9. The van der Waals surface area contributed by atoms with Gasteiger partial charge in [0.05, 0.1) is 0 Å². The lowest BCUT2D eigenvalue weighted by Gasteiger charge is -2.09. The van der Waals surface area contributed by atoms with Crippen LogP contribution < -0.4 is 4.74 Å². The van der Waals surface area contributed by atoms with Gasteiger partial charge in [-0.1, -0.05) is 62.2 Å². The quantitative estimate of drug-likeness (QED) is 0.287. The van der Waals surface area contributed by atoms with E-state index < -0.39 is 23.5 Å². The van der Waals surface area contributed by atoms with Crippen LogP contribution in [0.25, 0.3) is 22.3 Å². The largest absolute Gasteiger partial charge is 0.453 e. The van der Waals surface area contributed by atoms with Crippen LogP contribution in [-0.2, 0) is 12.8 Å². The van der Waals surface area contributed by atoms with Gasteiger partial charge < -0.3 is 4.74 Å². The fourth-order valence-corrected chi connectivity index (χ4v) is 4.30. The van der Waals surface area contributed by atoms with Gasteiger partial charge in [0.15, 0.2) is 23.6 Å². The summed E-state index contributed by atoms with van der Waals surface area (Å²) in [6, 6.07) is 16.1. The standard InChI is InChI=1S/C26H22F4O/c1-2-3-16-10-19-8-9-20(12-21(19)11-16)17-4-6-18(7-5-17)22-13-23(27)26(24(28)14-22)31-15-25(29)30/h4-9,12-16H,2-3,10-11H2,1H3. The van der Waals surface area contributed by atoms with Crippen LogP contribution in [-0.4, -0.2) is 0 Å². The molecule has 0 fully saturated rings. The minimum Gasteiger partial charge on any atom is -0.453 e. The third-order valence-electron chi connectivity index (χ3n) is 5.74. The molecule has 1 nitrogen and oxygen atoms in total. The molecule has 1 unspecified atom stereocenters. The highest BCUT2D eigenvalue weighted by atomic mass is 19.3. The highest BCUT2D eigenvalue weighted by molar-refractivity contribution is 5.71. The molecule has 0 saturated heterocycles. The Morgan fingerprint density at radius 3 is 2.03 bits per heavy atom. The number of hydrogen-bond acceptors (Lipinski definition) is 1. The van der Waals surface area contributed by atoms with Gasteiger partial charge >= 0.3 is 6.08 Å². The summed E-state index contributed by atoms with van der Waals surface area (Å²) in [4.78, 5) is 0. The monoisotopic (exact) mass is 426 g/mol. The summed E-state index contributed by atoms with van der Waals surface area (Å²) < 4.78 is 57.0. The van der Waals surface area contributed by atoms with Gasteiger partial charge in [-0.05, 0) is 64.3 Å². The summed E-state index contributed by atoms with van der Waals surface area (Å²) in [7, 11) is 0. The molecule has 0 amide bonds. The molecule has 3 aromatic carbocycles. The molecule has 0 radical (unpaired) electrons. The Morgan fingerprint density at radius 2 is 1.42 bits per heavy atom. The minimum absolute atomic E-state index is 0.0109. The smallest absolute Gasteiger partial charge is 0.305 e. The highest BCUT2D eigenvalue weighted by Gasteiger charge is 2.21. The Kier molecular flexibility index (Phi) is 6.12. The molecule has 3 aromatic rings. The lowest BCUT2D eigenvalue weighted by atomic mass is 9.97. The van der Waals surface area contributed by atoms with E-state index in [0.717, 1.165) is 42.0 Å². The van der Waals surface area contributed by atoms with E-state index in [2.05, 4.69) is 29.9 Å². The minimum atomic E-state index is -2.18. The number of hydrogen-bond donors (Lipinski definition) is 0. The zero-order valence-corrected chi connectivity index (χ0v) is 17.1. The summed E-state index contributed by atoms with van der Waals surface area (Å²) in [5.74, 6) is -2.22. The third-order valence-corrected chi connectivity index (χ3v) is 5.74. The van der Waals surface area contributed by atoms with Gasteiger partial charge in [-0.15, -0.1) is 0 Å². The van der Waals surface area contributed by atoms with Gasteiger partial charge in [0, 0.05) is 0 Å². The van der Waals surface area contributed by atoms with E-state index in [1.807, 2.05) is 12.1 Å². The second-order valence-corrected chi connectivity index (χ2v) is 7.92. The van der Waals surface area contributed by atoms with Crippen molar-refractivity contribution in [3.05, 3.63) is 89.7 Å². The summed E-state index contributed by atoms with van der Waals surface area (Å²) in [6.07, 6.45) is 2.54. The average Bonchev–Trinajstić information content (AvgIpc) is 3.15. The molecular formula is C26H22F4O. The van der Waals surface area contributed by atoms with E-state index in [1.165, 1.54) is 24.0 Å². The van der Waals surface area contributed by atoms with Crippen LogP contribution >= 0.6 is 0 Å². The second-order valence-electron chi connectivity index (χ2n) is 7.92. The third kappa shape index (κ3) is 4.66. The van der Waals surface area contributed by atoms with E-state index in [-0.39, 0.29) is 6.26 Å². The summed E-state index contributed by atoms with van der Waals surface area (Å²) in [5, 5.41) is 0. The van der Waals surface area contributed by atoms with Crippen LogP contribution in [0.5, 0.6) is 5.75 Å². The summed E-state index contributed by atoms with van der Waals surface area (Å²) in [5.41, 5.74) is 5.88. The molecule has 5 heteroatoms. The van der Waals surface area contributed by atoms with Crippen molar-refractivity contribution in [1.82, 2.24) is 0 Å². The average molecular weight is 426 g/mol. The van der Waals surface area contributed by atoms with Gasteiger partial charge in [-0.3, -0.25) is 0 Å². The molecule has 0 bridgehead atoms. The van der Waals surface area contributed by atoms with Crippen LogP contribution in [0.2, 0.25) is 0 Å². The molecule has 1 aliphatic carbocycles. The van der Waals surface area contributed by atoms with Crippen LogP contribution in [0.15, 0.2) is 66.9 Å². The van der Waals surface area contributed by atoms with Gasteiger partial charge in [-0.25, -0.2) is 8.78 Å². The Bertz CT molecular complexity index is 1090. The number of rotatable bonds is 6. The Balaban J connectivity index is 1.56. The molecular weight excluding hydrogens is 404 g/mol. The van der Waals surface area contributed by atoms with E-state index in [9.17, 15) is 17.6 Å². The topological polar surface area (TPSA) is 9.23 Å². The maximum absolute atomic E-state index is 14.2. The van der Waals surface area contributed by atoms with Crippen molar-refractivity contribution in [3.63, 3.8) is 0 Å². The number of ether oxygens (including phenoxy) is 1. The highest BCUT2D eigenvalue weighted by Crippen LogP contribution is 2.34. The molecule has 31 heavy (non-hydrogen) atoms. The van der Waals surface area contributed by atoms with Crippen molar-refractivity contribution >= 4 is 0 Å². The maximum atomic E-state index is 14.2. The number of fused-ring (bicyclic) bond motifs is 1. The van der Waals surface area contributed by atoms with Crippen LogP contribution in [0.1, 0.15) is 30.9 Å². The van der Waals surface area contributed by atoms with E-state index in [0.29, 0.717) is 11.1 Å². The van der Waals surface area contributed by atoms with Crippen molar-refractivity contribution in [2.45, 2.75) is 32.6 Å². The second kappa shape index (κ2) is 8.96. The van der Waals surface area contributed by atoms with Crippen molar-refractivity contribution < 1.29 is 22.3 Å². The number of benzene rings is 3. The SMILES string of the molecule is CCCC1Cc2ccc(-c3ccc(-c4cc(F)c(OC=C(F)F)c(F)c4)cc3)cc2C1. The molecule has 1 aliphatic rings. The van der Waals surface area contributed by atoms with E-state index >= 15 is 0 Å². The molecule has 1 atom stereocenters. The molecule has 0 heterocycles. The molecule has 4 rings (SSSR count). The lowest BCUT2D eigenvalue weighted by Crippen LogP contribution is -1.97. The maximum Gasteiger partial charge on any atom is 0.305 e. The van der Waals surface area contributed by atoms with Gasteiger partial charge in [0.2, 0.25) is 0 Å². The molecule has 0 spiro atoms. The van der Waals surface area contributed by atoms with Gasteiger partial charge in [-0.2, -0.15) is 8.78 Å². The fraction of sp³-hybridized carbons (Fsp3) is 0.231. The Morgan fingerprint density at radius 1 is 0.839 bits per heavy atom. The van der Waals surface area contributed by atoms with E-state index in [1.54, 1.807) is 12.1 Å². The van der Waals surface area contributed by atoms with Crippen LogP contribution in [0.3, 0.4) is 0 Å². The number of halogens is 4. The Hall–Kier alpha value is -3.08. The molecule has 0 saturated carbocycles. The predicted octanol–water partition coefficient (Wildman–Crippen LogP) is 7.93. The Labute approximate surface area is 179 Å². The molecule has 0 aliphatic heterocycles. The molecule has 0 aromatic heterocycles. The first-order valence-corrected chi connectivity index (χ1v) is 10.3. The van der Waals surface area contributed by atoms with Crippen LogP contribution in [0, 0.1) is 17.6 Å². The normalized spacial score (nSPS) is 14.9.